The number of nitrogens with one attached hydrogen (secondary N) is 1. The van der Waals surface area contributed by atoms with Crippen LogP contribution < -0.4 is 4.72 Å². The number of aromatic nitrogens is 1. The van der Waals surface area contributed by atoms with Crippen molar-refractivity contribution >= 4 is 20.9 Å². The Bertz CT molecular complexity index is 1010. The van der Waals surface area contributed by atoms with E-state index in [0.29, 0.717) is 17.9 Å². The molecule has 0 bridgehead atoms. The Morgan fingerprint density at radius 1 is 0.926 bits per heavy atom. The third-order valence-electron chi connectivity index (χ3n) is 5.11. The molecule has 0 saturated carbocycles. The molecule has 5 heteroatoms. The van der Waals surface area contributed by atoms with E-state index in [0.717, 1.165) is 17.4 Å². The lowest BCUT2D eigenvalue weighted by molar-refractivity contribution is 0.550. The van der Waals surface area contributed by atoms with Crippen molar-refractivity contribution in [2.24, 2.45) is 0 Å². The Balaban J connectivity index is 1.91. The van der Waals surface area contributed by atoms with Gasteiger partial charge in [-0.3, -0.25) is 4.98 Å². The van der Waals surface area contributed by atoms with Crippen molar-refractivity contribution in [3.8, 4) is 0 Å². The summed E-state index contributed by atoms with van der Waals surface area (Å²) < 4.78 is 29.0. The zero-order valence-corrected chi connectivity index (χ0v) is 16.8. The molecule has 0 aliphatic carbocycles. The second-order valence-corrected chi connectivity index (χ2v) is 8.57. The number of benzene rings is 2. The molecule has 0 radical (unpaired) electrons. The molecule has 2 unspecified atom stereocenters. The minimum Gasteiger partial charge on any atom is -0.255 e. The molecule has 0 spiro atoms. The fourth-order valence-electron chi connectivity index (χ4n) is 3.22. The number of nitrogens with zero attached hydrogens (tertiary/aromatic N) is 1. The molecule has 0 amide bonds. The summed E-state index contributed by atoms with van der Waals surface area (Å²) in [6.07, 6.45) is 3.36. The summed E-state index contributed by atoms with van der Waals surface area (Å²) in [5.41, 5.74) is 2.74. The normalized spacial score (nSPS) is 14.2. The zero-order chi connectivity index (χ0) is 19.4. The van der Waals surface area contributed by atoms with Gasteiger partial charge in [-0.15, -0.1) is 0 Å². The summed E-state index contributed by atoms with van der Waals surface area (Å²) in [5.74, 6) is 0.498. The summed E-state index contributed by atoms with van der Waals surface area (Å²) in [4.78, 5) is 4.49. The summed E-state index contributed by atoms with van der Waals surface area (Å²) in [5, 5.41) is 0.811. The molecule has 1 heterocycles. The van der Waals surface area contributed by atoms with Crippen molar-refractivity contribution in [3.63, 3.8) is 0 Å². The molecule has 4 nitrogen and oxygen atoms in total. The van der Waals surface area contributed by atoms with Gasteiger partial charge in [-0.25, -0.2) is 13.1 Å². The molecule has 0 fully saturated rings. The van der Waals surface area contributed by atoms with Gasteiger partial charge in [-0.2, -0.15) is 0 Å². The van der Waals surface area contributed by atoms with Crippen LogP contribution in [-0.4, -0.2) is 13.4 Å². The number of para-hydroxylation sites is 1. The molecule has 142 valence electrons. The monoisotopic (exact) mass is 382 g/mol. The lowest BCUT2D eigenvalue weighted by atomic mass is 9.96. The van der Waals surface area contributed by atoms with Gasteiger partial charge < -0.3 is 0 Å². The second-order valence-electron chi connectivity index (χ2n) is 6.89. The van der Waals surface area contributed by atoms with E-state index in [9.17, 15) is 8.42 Å². The highest BCUT2D eigenvalue weighted by molar-refractivity contribution is 7.89. The first-order chi connectivity index (χ1) is 13.0. The smallest absolute Gasteiger partial charge is 0.243 e. The highest BCUT2D eigenvalue weighted by atomic mass is 32.2. The molecular weight excluding hydrogens is 356 g/mol. The number of fused-ring (bicyclic) bond motifs is 1. The predicted octanol–water partition coefficient (Wildman–Crippen LogP) is 5.18. The second kappa shape index (κ2) is 8.19. The maximum Gasteiger partial charge on any atom is 0.243 e. The number of rotatable bonds is 7. The van der Waals surface area contributed by atoms with Gasteiger partial charge in [0.15, 0.2) is 0 Å². The van der Waals surface area contributed by atoms with E-state index in [-0.39, 0.29) is 10.9 Å². The van der Waals surface area contributed by atoms with E-state index < -0.39 is 10.0 Å². The average molecular weight is 383 g/mol. The van der Waals surface area contributed by atoms with Gasteiger partial charge in [0.25, 0.3) is 0 Å². The van der Waals surface area contributed by atoms with Crippen LogP contribution >= 0.6 is 0 Å². The number of pyridine rings is 1. The third kappa shape index (κ3) is 4.20. The van der Waals surface area contributed by atoms with E-state index in [4.69, 9.17) is 0 Å². The minimum absolute atomic E-state index is 0.218. The molecular formula is C22H26N2O2S. The van der Waals surface area contributed by atoms with Crippen LogP contribution in [0, 0.1) is 0 Å². The maximum atomic E-state index is 13.1. The lowest BCUT2D eigenvalue weighted by Gasteiger charge is -2.19. The fraction of sp³-hybridized carbons (Fsp3) is 0.318. The zero-order valence-electron chi connectivity index (χ0n) is 16.0. The Hall–Kier alpha value is -2.24. The Morgan fingerprint density at radius 2 is 1.59 bits per heavy atom. The topological polar surface area (TPSA) is 59.1 Å². The quantitative estimate of drug-likeness (QED) is 0.613. The fourth-order valence-corrected chi connectivity index (χ4v) is 4.71. The highest BCUT2D eigenvalue weighted by Crippen LogP contribution is 2.26. The van der Waals surface area contributed by atoms with Gasteiger partial charge in [0, 0.05) is 17.6 Å². The van der Waals surface area contributed by atoms with Crippen LogP contribution in [0.25, 0.3) is 10.9 Å². The van der Waals surface area contributed by atoms with Crippen LogP contribution in [0.4, 0.5) is 0 Å². The van der Waals surface area contributed by atoms with E-state index >= 15 is 0 Å². The van der Waals surface area contributed by atoms with Crippen molar-refractivity contribution in [1.29, 1.82) is 0 Å². The molecule has 3 rings (SSSR count). The first kappa shape index (κ1) is 19.5. The van der Waals surface area contributed by atoms with Crippen molar-refractivity contribution < 1.29 is 8.42 Å². The van der Waals surface area contributed by atoms with Gasteiger partial charge >= 0.3 is 0 Å². The third-order valence-corrected chi connectivity index (χ3v) is 6.61. The van der Waals surface area contributed by atoms with Crippen molar-refractivity contribution in [2.75, 3.05) is 0 Å². The molecule has 2 aromatic carbocycles. The van der Waals surface area contributed by atoms with Crippen LogP contribution in [0.15, 0.2) is 65.7 Å². The highest BCUT2D eigenvalue weighted by Gasteiger charge is 2.23. The molecule has 1 aromatic heterocycles. The molecule has 3 aromatic rings. The number of hydrogen-bond donors (Lipinski definition) is 1. The van der Waals surface area contributed by atoms with E-state index in [1.54, 1.807) is 24.4 Å². The summed E-state index contributed by atoms with van der Waals surface area (Å²) in [7, 11) is -3.69. The first-order valence-electron chi connectivity index (χ1n) is 9.42. The van der Waals surface area contributed by atoms with Crippen LogP contribution in [0.5, 0.6) is 0 Å². The lowest BCUT2D eigenvalue weighted by Crippen LogP contribution is -2.28. The predicted molar refractivity (Wildman–Crippen MR) is 110 cm³/mol. The molecule has 0 aliphatic heterocycles. The Kier molecular flexibility index (Phi) is 5.92. The van der Waals surface area contributed by atoms with Gasteiger partial charge in [0.2, 0.25) is 10.0 Å². The van der Waals surface area contributed by atoms with Crippen LogP contribution in [0.2, 0.25) is 0 Å². The molecule has 27 heavy (non-hydrogen) atoms. The van der Waals surface area contributed by atoms with Gasteiger partial charge in [-0.1, -0.05) is 63.2 Å². The molecule has 0 aliphatic rings. The Labute approximate surface area is 161 Å². The number of sulfonamides is 1. The first-order valence-corrected chi connectivity index (χ1v) is 10.9. The van der Waals surface area contributed by atoms with Crippen molar-refractivity contribution in [2.45, 2.75) is 50.5 Å². The summed E-state index contributed by atoms with van der Waals surface area (Å²) in [6.45, 7) is 6.35. The summed E-state index contributed by atoms with van der Waals surface area (Å²) >= 11 is 0. The molecule has 1 N–H and O–H groups in total. The average Bonchev–Trinajstić information content (AvgIpc) is 2.71. The maximum absolute atomic E-state index is 13.1. The van der Waals surface area contributed by atoms with E-state index in [1.807, 2.05) is 31.2 Å². The van der Waals surface area contributed by atoms with E-state index in [1.165, 1.54) is 5.56 Å². The minimum atomic E-state index is -3.69. The SMILES string of the molecule is CCC(C)c1ccc(C(CC)NS(=O)(=O)c2cccc3cccnc23)cc1. The Morgan fingerprint density at radius 3 is 2.26 bits per heavy atom. The van der Waals surface area contributed by atoms with Gasteiger partial charge in [0.05, 0.1) is 5.52 Å². The standard InChI is InChI=1S/C22H26N2O2S/c1-4-16(3)17-11-13-18(14-12-17)20(5-2)24-27(25,26)21-10-6-8-19-9-7-15-23-22(19)21/h6-16,20,24H,4-5H2,1-3H3. The van der Waals surface area contributed by atoms with Crippen LogP contribution in [0.3, 0.4) is 0 Å². The van der Waals surface area contributed by atoms with E-state index in [2.05, 4.69) is 35.7 Å². The molecule has 0 saturated heterocycles. The largest absolute Gasteiger partial charge is 0.255 e. The van der Waals surface area contributed by atoms with Crippen LogP contribution in [-0.2, 0) is 10.0 Å². The number of hydrogen-bond acceptors (Lipinski definition) is 3. The van der Waals surface area contributed by atoms with Gasteiger partial charge in [0.1, 0.15) is 4.90 Å². The van der Waals surface area contributed by atoms with Crippen LogP contribution in [0.1, 0.15) is 56.7 Å². The van der Waals surface area contributed by atoms with Crippen molar-refractivity contribution in [1.82, 2.24) is 9.71 Å². The van der Waals surface area contributed by atoms with Gasteiger partial charge in [-0.05, 0) is 42.0 Å². The summed E-state index contributed by atoms with van der Waals surface area (Å²) in [6, 6.07) is 16.9. The molecule has 2 atom stereocenters. The van der Waals surface area contributed by atoms with Crippen molar-refractivity contribution in [3.05, 3.63) is 71.9 Å².